The summed E-state index contributed by atoms with van der Waals surface area (Å²) < 4.78 is 0. The van der Waals surface area contributed by atoms with E-state index in [4.69, 9.17) is 0 Å². The number of hydrogen-bond acceptors (Lipinski definition) is 1. The van der Waals surface area contributed by atoms with Crippen molar-refractivity contribution < 1.29 is 4.79 Å². The third-order valence-corrected chi connectivity index (χ3v) is 3.11. The smallest absolute Gasteiger partial charge is 0.220 e. The van der Waals surface area contributed by atoms with E-state index in [9.17, 15) is 4.79 Å². The Labute approximate surface area is 111 Å². The third-order valence-electron chi connectivity index (χ3n) is 3.11. The minimum atomic E-state index is 0.192. The van der Waals surface area contributed by atoms with Crippen molar-refractivity contribution in [3.05, 3.63) is 29.5 Å². The van der Waals surface area contributed by atoms with Crippen LogP contribution in [0.5, 0.6) is 0 Å². The molecule has 0 aromatic rings. The van der Waals surface area contributed by atoms with Crippen LogP contribution in [0.1, 0.15) is 58.3 Å². The van der Waals surface area contributed by atoms with E-state index in [2.05, 4.69) is 24.0 Å². The van der Waals surface area contributed by atoms with E-state index in [0.29, 0.717) is 6.42 Å². The molecule has 1 aliphatic carbocycles. The van der Waals surface area contributed by atoms with Crippen LogP contribution in [0.4, 0.5) is 0 Å². The largest absolute Gasteiger partial charge is 0.356 e. The van der Waals surface area contributed by atoms with Crippen LogP contribution in [0.2, 0.25) is 0 Å². The summed E-state index contributed by atoms with van der Waals surface area (Å²) in [5.41, 5.74) is 4.36. The summed E-state index contributed by atoms with van der Waals surface area (Å²) in [4.78, 5) is 11.5. The maximum atomic E-state index is 11.5. The number of nitrogens with one attached hydrogen (secondary N) is 1. The molecule has 0 atom stereocenters. The molecule has 0 saturated carbocycles. The van der Waals surface area contributed by atoms with E-state index in [1.165, 1.54) is 31.3 Å². The predicted molar refractivity (Wildman–Crippen MR) is 76.4 cm³/mol. The Hall–Kier alpha value is -1.27. The average molecular weight is 247 g/mol. The number of allylic oxidation sites excluding steroid dienone is 3. The minimum Gasteiger partial charge on any atom is -0.356 e. The first-order valence-corrected chi connectivity index (χ1v) is 7.22. The molecule has 0 spiro atoms. The van der Waals surface area contributed by atoms with E-state index in [-0.39, 0.29) is 5.91 Å². The summed E-state index contributed by atoms with van der Waals surface area (Å²) in [5, 5.41) is 2.99. The van der Waals surface area contributed by atoms with Crippen LogP contribution in [0.3, 0.4) is 0 Å². The third kappa shape index (κ3) is 7.13. The second-order valence-electron chi connectivity index (χ2n) is 4.81. The van der Waals surface area contributed by atoms with Gasteiger partial charge in [0, 0.05) is 13.0 Å². The molecule has 0 bridgehead atoms. The molecular weight excluding hydrogens is 222 g/mol. The molecular formula is C16H25NO. The molecule has 0 fully saturated rings. The summed E-state index contributed by atoms with van der Waals surface area (Å²) in [5.74, 6) is 0.192. The molecule has 0 radical (unpaired) electrons. The normalized spacial score (nSPS) is 12.8. The van der Waals surface area contributed by atoms with Gasteiger partial charge in [-0.1, -0.05) is 44.8 Å². The maximum absolute atomic E-state index is 11.5. The van der Waals surface area contributed by atoms with Crippen LogP contribution >= 0.6 is 0 Å². The highest BCUT2D eigenvalue weighted by Crippen LogP contribution is 2.11. The number of hydrogen-bond donors (Lipinski definition) is 1. The van der Waals surface area contributed by atoms with Crippen LogP contribution in [0.25, 0.3) is 0 Å². The lowest BCUT2D eigenvalue weighted by Crippen LogP contribution is -2.23. The van der Waals surface area contributed by atoms with Gasteiger partial charge in [-0.25, -0.2) is 0 Å². The van der Waals surface area contributed by atoms with E-state index in [1.54, 1.807) is 0 Å². The van der Waals surface area contributed by atoms with Crippen molar-refractivity contribution in [3.63, 3.8) is 0 Å². The zero-order valence-electron chi connectivity index (χ0n) is 11.5. The van der Waals surface area contributed by atoms with Crippen molar-refractivity contribution in [2.75, 3.05) is 6.54 Å². The molecule has 1 amide bonds. The van der Waals surface area contributed by atoms with Crippen molar-refractivity contribution in [1.29, 1.82) is 0 Å². The number of rotatable bonds is 10. The highest BCUT2D eigenvalue weighted by molar-refractivity contribution is 5.75. The van der Waals surface area contributed by atoms with Gasteiger partial charge in [-0.05, 0) is 30.9 Å². The molecule has 100 valence electrons. The fourth-order valence-electron chi connectivity index (χ4n) is 2.01. The van der Waals surface area contributed by atoms with Gasteiger partial charge in [0.15, 0.2) is 0 Å². The molecule has 0 aromatic heterocycles. The molecule has 0 aromatic carbocycles. The topological polar surface area (TPSA) is 29.1 Å². The van der Waals surface area contributed by atoms with Crippen LogP contribution < -0.4 is 5.32 Å². The molecule has 0 saturated heterocycles. The second-order valence-corrected chi connectivity index (χ2v) is 4.81. The fraction of sp³-hybridized carbons (Fsp3) is 0.625. The number of unbranched alkanes of at least 4 members (excludes halogenated alkanes) is 4. The number of amides is 1. The Balaban J connectivity index is 1.91. The van der Waals surface area contributed by atoms with Crippen molar-refractivity contribution in [2.24, 2.45) is 0 Å². The Morgan fingerprint density at radius 2 is 2.06 bits per heavy atom. The van der Waals surface area contributed by atoms with Crippen LogP contribution in [-0.4, -0.2) is 12.5 Å². The summed E-state index contributed by atoms with van der Waals surface area (Å²) >= 11 is 0. The zero-order chi connectivity index (χ0) is 13.1. The second kappa shape index (κ2) is 9.73. The highest BCUT2D eigenvalue weighted by Gasteiger charge is 2.01. The quantitative estimate of drug-likeness (QED) is 0.460. The molecule has 0 unspecified atom stereocenters. The van der Waals surface area contributed by atoms with Gasteiger partial charge in [-0.2, -0.15) is 0 Å². The summed E-state index contributed by atoms with van der Waals surface area (Å²) in [6.07, 6.45) is 14.7. The van der Waals surface area contributed by atoms with Crippen molar-refractivity contribution in [2.45, 2.75) is 58.3 Å². The standard InChI is InChI=1S/C16H25NO/c1-2-3-4-5-8-14-17-16(18)13-9-12-15-10-6-7-11-15/h6-7,10H,2-5,8-9,12-14H2,1H3,(H,17,18). The Bertz CT molecular complexity index is 335. The number of carbonyl (C=O) groups is 1. The SMILES string of the molecule is CCCCCCCNC(=O)CCCC1=C=CC=C1. The van der Waals surface area contributed by atoms with Crippen molar-refractivity contribution in [3.8, 4) is 0 Å². The molecule has 2 nitrogen and oxygen atoms in total. The minimum absolute atomic E-state index is 0.192. The maximum Gasteiger partial charge on any atom is 0.220 e. The summed E-state index contributed by atoms with van der Waals surface area (Å²) in [7, 11) is 0. The van der Waals surface area contributed by atoms with Gasteiger partial charge in [0.05, 0.1) is 0 Å². The van der Waals surface area contributed by atoms with E-state index in [1.807, 2.05) is 12.2 Å². The fourth-order valence-corrected chi connectivity index (χ4v) is 2.01. The van der Waals surface area contributed by atoms with Gasteiger partial charge in [-0.3, -0.25) is 4.79 Å². The summed E-state index contributed by atoms with van der Waals surface area (Å²) in [6.45, 7) is 3.05. The molecule has 18 heavy (non-hydrogen) atoms. The zero-order valence-corrected chi connectivity index (χ0v) is 11.5. The molecule has 0 heterocycles. The lowest BCUT2D eigenvalue weighted by Gasteiger charge is -2.04. The molecule has 2 heteroatoms. The molecule has 1 rings (SSSR count). The van der Waals surface area contributed by atoms with Gasteiger partial charge in [-0.15, -0.1) is 5.73 Å². The average Bonchev–Trinajstić information content (AvgIpc) is 2.87. The van der Waals surface area contributed by atoms with Gasteiger partial charge < -0.3 is 5.32 Å². The lowest BCUT2D eigenvalue weighted by molar-refractivity contribution is -0.121. The lowest BCUT2D eigenvalue weighted by atomic mass is 10.1. The molecule has 1 N–H and O–H groups in total. The Kier molecular flexibility index (Phi) is 7.99. The molecule has 1 aliphatic rings. The van der Waals surface area contributed by atoms with Gasteiger partial charge in [0.25, 0.3) is 0 Å². The first-order valence-electron chi connectivity index (χ1n) is 7.22. The first kappa shape index (κ1) is 14.8. The monoisotopic (exact) mass is 247 g/mol. The highest BCUT2D eigenvalue weighted by atomic mass is 16.1. The molecule has 0 aliphatic heterocycles. The van der Waals surface area contributed by atoms with Crippen LogP contribution in [-0.2, 0) is 4.79 Å². The van der Waals surface area contributed by atoms with Gasteiger partial charge >= 0.3 is 0 Å². The van der Waals surface area contributed by atoms with Crippen molar-refractivity contribution >= 4 is 5.91 Å². The van der Waals surface area contributed by atoms with Crippen molar-refractivity contribution in [1.82, 2.24) is 5.32 Å². The summed E-state index contributed by atoms with van der Waals surface area (Å²) in [6, 6.07) is 0. The van der Waals surface area contributed by atoms with Gasteiger partial charge in [0.2, 0.25) is 5.91 Å². The van der Waals surface area contributed by atoms with E-state index >= 15 is 0 Å². The Morgan fingerprint density at radius 1 is 1.22 bits per heavy atom. The van der Waals surface area contributed by atoms with Gasteiger partial charge in [0.1, 0.15) is 0 Å². The first-order chi connectivity index (χ1) is 8.83. The Morgan fingerprint density at radius 3 is 2.78 bits per heavy atom. The van der Waals surface area contributed by atoms with E-state index < -0.39 is 0 Å². The van der Waals surface area contributed by atoms with Crippen LogP contribution in [0.15, 0.2) is 29.5 Å². The van der Waals surface area contributed by atoms with E-state index in [0.717, 1.165) is 25.8 Å². The van der Waals surface area contributed by atoms with Crippen LogP contribution in [0, 0.1) is 0 Å². The number of carbonyl (C=O) groups excluding carboxylic acids is 1. The predicted octanol–water partition coefficient (Wildman–Crippen LogP) is 3.89.